The van der Waals surface area contributed by atoms with E-state index in [1.165, 1.54) is 0 Å². The van der Waals surface area contributed by atoms with Crippen LogP contribution in [-0.2, 0) is 0 Å². The third kappa shape index (κ3) is 2.80. The SMILES string of the molecule is CN=C(N(C)c1ccccc1)[N+](C)(C)C. The van der Waals surface area contributed by atoms with Gasteiger partial charge in [-0.2, -0.15) is 0 Å². The van der Waals surface area contributed by atoms with E-state index in [9.17, 15) is 0 Å². The van der Waals surface area contributed by atoms with Gasteiger partial charge in [0, 0.05) is 19.8 Å². The molecule has 0 atom stereocenters. The summed E-state index contributed by atoms with van der Waals surface area (Å²) >= 11 is 0. The lowest BCUT2D eigenvalue weighted by Gasteiger charge is -2.30. The molecule has 1 rings (SSSR count). The fourth-order valence-electron chi connectivity index (χ4n) is 1.67. The molecule has 1 aromatic rings. The third-order valence-electron chi connectivity index (χ3n) is 2.24. The first-order valence-corrected chi connectivity index (χ1v) is 5.04. The first kappa shape index (κ1) is 11.7. The minimum atomic E-state index is 0.710. The average Bonchev–Trinajstić information content (AvgIpc) is 2.18. The summed E-state index contributed by atoms with van der Waals surface area (Å²) in [4.78, 5) is 6.46. The molecule has 0 spiro atoms. The summed E-state index contributed by atoms with van der Waals surface area (Å²) in [6.07, 6.45) is 0. The molecule has 0 radical (unpaired) electrons. The number of para-hydroxylation sites is 1. The molecule has 0 fully saturated rings. The van der Waals surface area contributed by atoms with Crippen LogP contribution in [0.2, 0.25) is 0 Å². The van der Waals surface area contributed by atoms with E-state index < -0.39 is 0 Å². The molecule has 0 aliphatic heterocycles. The highest BCUT2D eigenvalue weighted by Gasteiger charge is 2.22. The van der Waals surface area contributed by atoms with Gasteiger partial charge in [0.25, 0.3) is 0 Å². The van der Waals surface area contributed by atoms with E-state index >= 15 is 0 Å². The summed E-state index contributed by atoms with van der Waals surface area (Å²) in [5.41, 5.74) is 1.16. The van der Waals surface area contributed by atoms with Gasteiger partial charge in [0.1, 0.15) is 0 Å². The molecule has 1 aromatic carbocycles. The Morgan fingerprint density at radius 1 is 1.13 bits per heavy atom. The number of aliphatic imine (C=N–C) groups is 1. The van der Waals surface area contributed by atoms with Crippen LogP contribution in [0.4, 0.5) is 5.69 Å². The van der Waals surface area contributed by atoms with Crippen molar-refractivity contribution >= 4 is 11.6 Å². The molecule has 0 amide bonds. The Labute approximate surface area is 92.2 Å². The van der Waals surface area contributed by atoms with Crippen LogP contribution in [0.3, 0.4) is 0 Å². The second-order valence-electron chi connectivity index (χ2n) is 4.43. The predicted octanol–water partition coefficient (Wildman–Crippen LogP) is 1.81. The van der Waals surface area contributed by atoms with Crippen LogP contribution in [0.15, 0.2) is 35.3 Å². The van der Waals surface area contributed by atoms with Gasteiger partial charge in [0.2, 0.25) is 0 Å². The first-order valence-electron chi connectivity index (χ1n) is 5.04. The van der Waals surface area contributed by atoms with Crippen LogP contribution < -0.4 is 4.90 Å². The summed E-state index contributed by atoms with van der Waals surface area (Å²) in [6.45, 7) is 0. The molecule has 0 bridgehead atoms. The van der Waals surface area contributed by atoms with Gasteiger partial charge in [-0.25, -0.2) is 4.99 Å². The van der Waals surface area contributed by atoms with Crippen LogP contribution in [-0.4, -0.2) is 45.7 Å². The zero-order chi connectivity index (χ0) is 11.5. The summed E-state index contributed by atoms with van der Waals surface area (Å²) < 4.78 is 0.710. The summed E-state index contributed by atoms with van der Waals surface area (Å²) in [5.74, 6) is 1.03. The predicted molar refractivity (Wildman–Crippen MR) is 66.2 cm³/mol. The Morgan fingerprint density at radius 3 is 2.07 bits per heavy atom. The molecule has 0 aromatic heterocycles. The van der Waals surface area contributed by atoms with E-state index in [-0.39, 0.29) is 0 Å². The van der Waals surface area contributed by atoms with Gasteiger partial charge in [0.05, 0.1) is 21.1 Å². The van der Waals surface area contributed by atoms with Crippen LogP contribution in [0, 0.1) is 0 Å². The van der Waals surface area contributed by atoms with E-state index in [2.05, 4.69) is 43.2 Å². The minimum Gasteiger partial charge on any atom is -0.284 e. The fraction of sp³-hybridized carbons (Fsp3) is 0.417. The number of anilines is 1. The monoisotopic (exact) mass is 206 g/mol. The van der Waals surface area contributed by atoms with Gasteiger partial charge in [-0.15, -0.1) is 0 Å². The summed E-state index contributed by atoms with van der Waals surface area (Å²) in [6, 6.07) is 10.3. The topological polar surface area (TPSA) is 15.6 Å². The molecule has 0 saturated heterocycles. The molecule has 15 heavy (non-hydrogen) atoms. The lowest BCUT2D eigenvalue weighted by atomic mass is 10.3. The standard InChI is InChI=1S/C12H20N3/c1-13-12(15(3,4)5)14(2)11-9-7-6-8-10-11/h6-10H,1-5H3/q+1. The van der Waals surface area contributed by atoms with Crippen LogP contribution >= 0.6 is 0 Å². The zero-order valence-electron chi connectivity index (χ0n) is 10.2. The highest BCUT2D eigenvalue weighted by atomic mass is 15.4. The molecule has 0 unspecified atom stereocenters. The Bertz CT molecular complexity index is 336. The molecular weight excluding hydrogens is 186 g/mol. The van der Waals surface area contributed by atoms with E-state index in [1.54, 1.807) is 0 Å². The molecule has 3 nitrogen and oxygen atoms in total. The maximum absolute atomic E-state index is 4.35. The molecular formula is C12H20N3+. The van der Waals surface area contributed by atoms with Gasteiger partial charge >= 0.3 is 5.96 Å². The number of nitrogens with zero attached hydrogens (tertiary/aromatic N) is 3. The number of hydrogen-bond donors (Lipinski definition) is 0. The van der Waals surface area contributed by atoms with Crippen molar-refractivity contribution in [2.24, 2.45) is 4.99 Å². The Morgan fingerprint density at radius 2 is 1.67 bits per heavy atom. The van der Waals surface area contributed by atoms with Crippen molar-refractivity contribution in [1.29, 1.82) is 0 Å². The maximum Gasteiger partial charge on any atom is 0.303 e. The van der Waals surface area contributed by atoms with Crippen LogP contribution in [0.1, 0.15) is 0 Å². The summed E-state index contributed by atoms with van der Waals surface area (Å²) in [7, 11) is 10.2. The lowest BCUT2D eigenvalue weighted by molar-refractivity contribution is -0.778. The number of guanidine groups is 1. The molecule has 0 heterocycles. The van der Waals surface area contributed by atoms with E-state index in [0.717, 1.165) is 11.6 Å². The van der Waals surface area contributed by atoms with Crippen LogP contribution in [0.5, 0.6) is 0 Å². The lowest BCUT2D eigenvalue weighted by Crippen LogP contribution is -2.50. The van der Waals surface area contributed by atoms with E-state index in [4.69, 9.17) is 0 Å². The average molecular weight is 206 g/mol. The maximum atomic E-state index is 4.35. The van der Waals surface area contributed by atoms with Crippen molar-refractivity contribution < 1.29 is 4.48 Å². The normalized spacial score (nSPS) is 12.7. The number of benzene rings is 1. The van der Waals surface area contributed by atoms with Crippen molar-refractivity contribution in [2.75, 3.05) is 40.1 Å². The second-order valence-corrected chi connectivity index (χ2v) is 4.43. The second kappa shape index (κ2) is 4.45. The summed E-state index contributed by atoms with van der Waals surface area (Å²) in [5, 5.41) is 0. The van der Waals surface area contributed by atoms with E-state index in [1.807, 2.05) is 32.3 Å². The Balaban J connectivity index is 2.99. The molecule has 0 saturated carbocycles. The van der Waals surface area contributed by atoms with Crippen molar-refractivity contribution in [3.63, 3.8) is 0 Å². The number of rotatable bonds is 1. The third-order valence-corrected chi connectivity index (χ3v) is 2.24. The minimum absolute atomic E-state index is 0.710. The van der Waals surface area contributed by atoms with Crippen LogP contribution in [0.25, 0.3) is 0 Å². The van der Waals surface area contributed by atoms with Crippen molar-refractivity contribution in [3.8, 4) is 0 Å². The highest BCUT2D eigenvalue weighted by molar-refractivity contribution is 5.90. The van der Waals surface area contributed by atoms with Gasteiger partial charge in [-0.05, 0) is 12.1 Å². The smallest absolute Gasteiger partial charge is 0.284 e. The first-order chi connectivity index (χ1) is 6.96. The van der Waals surface area contributed by atoms with Crippen molar-refractivity contribution in [2.45, 2.75) is 0 Å². The molecule has 0 N–H and O–H groups in total. The molecule has 0 aliphatic carbocycles. The van der Waals surface area contributed by atoms with Gasteiger partial charge in [-0.1, -0.05) is 18.2 Å². The Kier molecular flexibility index (Phi) is 3.48. The molecule has 82 valence electrons. The highest BCUT2D eigenvalue weighted by Crippen LogP contribution is 2.14. The number of hydrogen-bond acceptors (Lipinski definition) is 1. The molecule has 3 heteroatoms. The van der Waals surface area contributed by atoms with Gasteiger partial charge < -0.3 is 0 Å². The number of quaternary nitrogens is 1. The van der Waals surface area contributed by atoms with E-state index in [0.29, 0.717) is 4.48 Å². The fourth-order valence-corrected chi connectivity index (χ4v) is 1.67. The molecule has 0 aliphatic rings. The largest absolute Gasteiger partial charge is 0.303 e. The Hall–Kier alpha value is -1.35. The van der Waals surface area contributed by atoms with Gasteiger partial charge in [0.15, 0.2) is 0 Å². The van der Waals surface area contributed by atoms with Gasteiger partial charge in [-0.3, -0.25) is 9.38 Å². The van der Waals surface area contributed by atoms with Crippen molar-refractivity contribution in [1.82, 2.24) is 0 Å². The van der Waals surface area contributed by atoms with Crippen molar-refractivity contribution in [3.05, 3.63) is 30.3 Å². The zero-order valence-corrected chi connectivity index (χ0v) is 10.2. The quantitative estimate of drug-likeness (QED) is 0.389.